The number of ether oxygens (including phenoxy) is 1. The van der Waals surface area contributed by atoms with E-state index >= 15 is 0 Å². The van der Waals surface area contributed by atoms with Crippen molar-refractivity contribution in [2.45, 2.75) is 26.4 Å². The Hall–Kier alpha value is -2.05. The van der Waals surface area contributed by atoms with Gasteiger partial charge in [0.25, 0.3) is 0 Å². The van der Waals surface area contributed by atoms with Gasteiger partial charge in [0, 0.05) is 18.3 Å². The van der Waals surface area contributed by atoms with E-state index in [1.54, 1.807) is 32.9 Å². The number of nitrogen functional groups attached to an aromatic ring is 1. The molecule has 1 aromatic rings. The lowest BCUT2D eigenvalue weighted by atomic mass is 10.1. The molecule has 1 rings (SSSR count). The maximum absolute atomic E-state index is 11.4. The van der Waals surface area contributed by atoms with Crippen LogP contribution in [0.1, 0.15) is 26.5 Å². The number of rotatable bonds is 3. The van der Waals surface area contributed by atoms with Crippen molar-refractivity contribution in [3.63, 3.8) is 0 Å². The van der Waals surface area contributed by atoms with E-state index in [-0.39, 0.29) is 11.4 Å². The van der Waals surface area contributed by atoms with E-state index in [1.165, 1.54) is 6.20 Å². The Morgan fingerprint density at radius 1 is 1.58 bits per heavy atom. The van der Waals surface area contributed by atoms with Crippen LogP contribution in [0, 0.1) is 0 Å². The van der Waals surface area contributed by atoms with Crippen LogP contribution in [0.25, 0.3) is 6.08 Å². The Morgan fingerprint density at radius 2 is 2.26 bits per heavy atom. The summed E-state index contributed by atoms with van der Waals surface area (Å²) in [6.45, 7) is 5.69. The van der Waals surface area contributed by atoms with Crippen molar-refractivity contribution in [1.82, 2.24) is 15.3 Å². The summed E-state index contributed by atoms with van der Waals surface area (Å²) in [5.41, 5.74) is 5.86. The van der Waals surface area contributed by atoms with Crippen LogP contribution >= 0.6 is 0 Å². The minimum absolute atomic E-state index is 0.280. The fraction of sp³-hybridized carbons (Fsp3) is 0.417. The summed E-state index contributed by atoms with van der Waals surface area (Å²) in [5, 5.41) is 2.58. The highest BCUT2D eigenvalue weighted by atomic mass is 16.6. The van der Waals surface area contributed by atoms with Gasteiger partial charge in [0.05, 0.1) is 0 Å². The Balaban J connectivity index is 2.47. The highest BCUT2D eigenvalue weighted by molar-refractivity contribution is 6.30. The number of carbonyl (C=O) groups is 1. The molecule has 19 heavy (non-hydrogen) atoms. The summed E-state index contributed by atoms with van der Waals surface area (Å²) in [5.74, 6) is 0.280. The van der Waals surface area contributed by atoms with Crippen molar-refractivity contribution in [3.8, 4) is 0 Å². The second kappa shape index (κ2) is 6.22. The normalized spacial score (nSPS) is 11.5. The third-order valence-corrected chi connectivity index (χ3v) is 1.89. The molecule has 0 saturated carbocycles. The Bertz CT molecular complexity index is 483. The van der Waals surface area contributed by atoms with Gasteiger partial charge < -0.3 is 15.8 Å². The number of nitrogens with two attached hydrogens (primary N) is 1. The van der Waals surface area contributed by atoms with E-state index in [9.17, 15) is 4.79 Å². The number of nitrogens with zero attached hydrogens (tertiary/aromatic N) is 2. The molecule has 2 radical (unpaired) electrons. The molecule has 0 aromatic carbocycles. The van der Waals surface area contributed by atoms with Crippen LogP contribution in [0.5, 0.6) is 0 Å². The summed E-state index contributed by atoms with van der Waals surface area (Å²) in [6.07, 6.45) is 4.22. The molecule has 1 heterocycles. The Kier molecular flexibility index (Phi) is 4.91. The Labute approximate surface area is 113 Å². The number of amides is 1. The fourth-order valence-electron chi connectivity index (χ4n) is 1.18. The van der Waals surface area contributed by atoms with Crippen LogP contribution in [-0.2, 0) is 4.74 Å². The molecule has 0 aliphatic heterocycles. The smallest absolute Gasteiger partial charge is 0.407 e. The number of hydrogen-bond donors (Lipinski definition) is 2. The lowest BCUT2D eigenvalue weighted by molar-refractivity contribution is 0.0534. The molecule has 0 bridgehead atoms. The van der Waals surface area contributed by atoms with Crippen LogP contribution < -0.4 is 16.6 Å². The first-order chi connectivity index (χ1) is 8.78. The topological polar surface area (TPSA) is 90.1 Å². The van der Waals surface area contributed by atoms with Gasteiger partial charge in [0.2, 0.25) is 0 Å². The first-order valence-corrected chi connectivity index (χ1v) is 5.79. The van der Waals surface area contributed by atoms with Gasteiger partial charge >= 0.3 is 6.09 Å². The third-order valence-electron chi connectivity index (χ3n) is 1.89. The highest BCUT2D eigenvalue weighted by Crippen LogP contribution is 2.06. The van der Waals surface area contributed by atoms with E-state index in [2.05, 4.69) is 15.3 Å². The standard InChI is InChI=1S/C12H17BN4O2/c1-12(2,3)19-11(18)15-6-4-5-8-10(14)16-7-9(13)17-8/h4-5,7H,6H2,1-3H3,(H2,14,16)(H,15,18)/b5-4+. The average molecular weight is 260 g/mol. The predicted octanol–water partition coefficient (Wildman–Crippen LogP) is 0.390. The van der Waals surface area contributed by atoms with Crippen molar-refractivity contribution < 1.29 is 9.53 Å². The summed E-state index contributed by atoms with van der Waals surface area (Å²) in [7, 11) is 5.50. The van der Waals surface area contributed by atoms with E-state index in [1.807, 2.05) is 0 Å². The summed E-state index contributed by atoms with van der Waals surface area (Å²) < 4.78 is 5.08. The number of aromatic nitrogens is 2. The molecule has 6 nitrogen and oxygen atoms in total. The molecule has 0 aliphatic carbocycles. The molecule has 100 valence electrons. The monoisotopic (exact) mass is 260 g/mol. The van der Waals surface area contributed by atoms with Crippen LogP contribution in [-0.4, -0.2) is 36.1 Å². The molecule has 0 spiro atoms. The number of nitrogens with one attached hydrogen (secondary N) is 1. The van der Waals surface area contributed by atoms with E-state index in [4.69, 9.17) is 18.3 Å². The molecule has 0 atom stereocenters. The number of hydrogen-bond acceptors (Lipinski definition) is 5. The molecule has 0 fully saturated rings. The number of anilines is 1. The zero-order chi connectivity index (χ0) is 14.5. The van der Waals surface area contributed by atoms with Crippen molar-refractivity contribution in [1.29, 1.82) is 0 Å². The molecular formula is C12H17BN4O2. The maximum atomic E-state index is 11.4. The second-order valence-electron chi connectivity index (χ2n) is 4.85. The summed E-state index contributed by atoms with van der Waals surface area (Å²) in [6, 6.07) is 0. The highest BCUT2D eigenvalue weighted by Gasteiger charge is 2.14. The van der Waals surface area contributed by atoms with Crippen LogP contribution in [0.3, 0.4) is 0 Å². The number of alkyl carbamates (subject to hydrolysis) is 1. The average Bonchev–Trinajstić information content (AvgIpc) is 2.26. The van der Waals surface area contributed by atoms with Crippen molar-refractivity contribution in [3.05, 3.63) is 18.0 Å². The fourth-order valence-corrected chi connectivity index (χ4v) is 1.18. The Morgan fingerprint density at radius 3 is 2.89 bits per heavy atom. The largest absolute Gasteiger partial charge is 0.444 e. The molecule has 3 N–H and O–H groups in total. The van der Waals surface area contributed by atoms with Gasteiger partial charge in [-0.1, -0.05) is 6.08 Å². The van der Waals surface area contributed by atoms with Gasteiger partial charge in [-0.05, 0) is 26.8 Å². The first-order valence-electron chi connectivity index (χ1n) is 5.79. The zero-order valence-corrected chi connectivity index (χ0v) is 11.3. The molecule has 7 heteroatoms. The minimum Gasteiger partial charge on any atom is -0.444 e. The molecule has 0 saturated heterocycles. The lowest BCUT2D eigenvalue weighted by Gasteiger charge is -2.19. The van der Waals surface area contributed by atoms with E-state index in [0.29, 0.717) is 12.2 Å². The van der Waals surface area contributed by atoms with Gasteiger partial charge in [0.1, 0.15) is 25.0 Å². The van der Waals surface area contributed by atoms with Crippen molar-refractivity contribution in [2.75, 3.05) is 12.3 Å². The van der Waals surface area contributed by atoms with E-state index in [0.717, 1.165) is 0 Å². The molecule has 0 aliphatic rings. The maximum Gasteiger partial charge on any atom is 0.407 e. The molecular weight excluding hydrogens is 243 g/mol. The van der Waals surface area contributed by atoms with Gasteiger partial charge in [-0.15, -0.1) is 0 Å². The second-order valence-corrected chi connectivity index (χ2v) is 4.85. The first kappa shape index (κ1) is 15.0. The predicted molar refractivity (Wildman–Crippen MR) is 75.1 cm³/mol. The van der Waals surface area contributed by atoms with E-state index < -0.39 is 11.7 Å². The zero-order valence-electron chi connectivity index (χ0n) is 11.3. The van der Waals surface area contributed by atoms with Crippen molar-refractivity contribution in [2.24, 2.45) is 0 Å². The SMILES string of the molecule is [B]c1cnc(N)c(/C=C/CNC(=O)OC(C)(C)C)n1. The third kappa shape index (κ3) is 5.90. The van der Waals surface area contributed by atoms with Gasteiger partial charge in [-0.3, -0.25) is 4.98 Å². The van der Waals surface area contributed by atoms with Gasteiger partial charge in [0.15, 0.2) is 0 Å². The van der Waals surface area contributed by atoms with Crippen molar-refractivity contribution >= 4 is 31.4 Å². The minimum atomic E-state index is -0.516. The quantitative estimate of drug-likeness (QED) is 0.767. The number of carbonyl (C=O) groups excluding carboxylic acids is 1. The molecule has 0 unspecified atom stereocenters. The van der Waals surface area contributed by atoms with Crippen LogP contribution in [0.4, 0.5) is 10.6 Å². The lowest BCUT2D eigenvalue weighted by Crippen LogP contribution is -2.32. The van der Waals surface area contributed by atoms with Gasteiger partial charge in [-0.2, -0.15) is 0 Å². The van der Waals surface area contributed by atoms with Crippen LogP contribution in [0.15, 0.2) is 12.3 Å². The summed E-state index contributed by atoms with van der Waals surface area (Å²) >= 11 is 0. The molecule has 1 aromatic heterocycles. The van der Waals surface area contributed by atoms with Crippen LogP contribution in [0.2, 0.25) is 0 Å². The van der Waals surface area contributed by atoms with Gasteiger partial charge in [-0.25, -0.2) is 9.78 Å². The molecule has 1 amide bonds. The summed E-state index contributed by atoms with van der Waals surface area (Å²) in [4.78, 5) is 19.2.